The molecule has 3 aromatic rings. The van der Waals surface area contributed by atoms with E-state index in [0.717, 1.165) is 14.9 Å². The highest BCUT2D eigenvalue weighted by atomic mass is 79.9. The topological polar surface area (TPSA) is 58.2 Å². The van der Waals surface area contributed by atoms with Crippen molar-refractivity contribution in [1.29, 1.82) is 0 Å². The van der Waals surface area contributed by atoms with Crippen LogP contribution < -0.4 is 10.6 Å². The molecule has 1 heterocycles. The first-order valence-electron chi connectivity index (χ1n) is 8.05. The van der Waals surface area contributed by atoms with Gasteiger partial charge in [0.15, 0.2) is 0 Å². The molecule has 3 rings (SSSR count). The average molecular weight is 429 g/mol. The number of carbonyl (C=O) groups is 2. The minimum absolute atomic E-state index is 0.0238. The zero-order valence-electron chi connectivity index (χ0n) is 13.9. The average Bonchev–Trinajstić information content (AvgIpc) is 3.15. The first-order chi connectivity index (χ1) is 12.6. The molecule has 0 radical (unpaired) electrons. The third-order valence-corrected chi connectivity index (χ3v) is 5.07. The molecule has 0 fully saturated rings. The number of carbonyl (C=O) groups excluding carboxylic acids is 2. The molecule has 4 nitrogen and oxygen atoms in total. The summed E-state index contributed by atoms with van der Waals surface area (Å²) in [6.07, 6.45) is 0.311. The van der Waals surface area contributed by atoms with Gasteiger partial charge in [-0.2, -0.15) is 0 Å². The minimum atomic E-state index is -0.173. The molecule has 2 aromatic carbocycles. The molecule has 0 aliphatic rings. The SMILES string of the molecule is O=C(Cc1ccc(NC(=O)c2cccc(Br)c2)cc1)NCc1cccs1. The normalized spacial score (nSPS) is 10.3. The molecule has 2 N–H and O–H groups in total. The van der Waals surface area contributed by atoms with Crippen LogP contribution in [0.1, 0.15) is 20.8 Å². The molecule has 26 heavy (non-hydrogen) atoms. The lowest BCUT2D eigenvalue weighted by Gasteiger charge is -2.07. The summed E-state index contributed by atoms with van der Waals surface area (Å²) in [4.78, 5) is 25.4. The molecule has 0 bridgehead atoms. The molecule has 1 aromatic heterocycles. The Morgan fingerprint density at radius 2 is 1.81 bits per heavy atom. The molecular weight excluding hydrogens is 412 g/mol. The van der Waals surface area contributed by atoms with Crippen LogP contribution in [0.2, 0.25) is 0 Å². The van der Waals surface area contributed by atoms with Gasteiger partial charge in [0.2, 0.25) is 5.91 Å². The van der Waals surface area contributed by atoms with E-state index in [1.165, 1.54) is 0 Å². The van der Waals surface area contributed by atoms with Gasteiger partial charge in [-0.1, -0.05) is 40.2 Å². The van der Waals surface area contributed by atoms with Crippen molar-refractivity contribution in [2.45, 2.75) is 13.0 Å². The van der Waals surface area contributed by atoms with Gasteiger partial charge in [-0.15, -0.1) is 11.3 Å². The van der Waals surface area contributed by atoms with Gasteiger partial charge in [0, 0.05) is 20.6 Å². The monoisotopic (exact) mass is 428 g/mol. The number of hydrogen-bond donors (Lipinski definition) is 2. The standard InChI is InChI=1S/C20H17BrN2O2S/c21-16-4-1-3-15(12-16)20(25)23-17-8-6-14(7-9-17)11-19(24)22-13-18-5-2-10-26-18/h1-10,12H,11,13H2,(H,22,24)(H,23,25). The zero-order valence-corrected chi connectivity index (χ0v) is 16.3. The Bertz CT molecular complexity index is 892. The van der Waals surface area contributed by atoms with Crippen LogP contribution in [-0.4, -0.2) is 11.8 Å². The Morgan fingerprint density at radius 1 is 1.00 bits per heavy atom. The Hall–Kier alpha value is -2.44. The largest absolute Gasteiger partial charge is 0.351 e. The number of nitrogens with one attached hydrogen (secondary N) is 2. The second kappa shape index (κ2) is 8.78. The van der Waals surface area contributed by atoms with Crippen LogP contribution in [0.15, 0.2) is 70.5 Å². The summed E-state index contributed by atoms with van der Waals surface area (Å²) in [5.74, 6) is -0.197. The van der Waals surface area contributed by atoms with Gasteiger partial charge in [0.25, 0.3) is 5.91 Å². The molecule has 0 atom stereocenters. The number of benzene rings is 2. The van der Waals surface area contributed by atoms with Gasteiger partial charge in [-0.25, -0.2) is 0 Å². The van der Waals surface area contributed by atoms with E-state index in [1.807, 2.05) is 41.8 Å². The van der Waals surface area contributed by atoms with Gasteiger partial charge in [0.05, 0.1) is 13.0 Å². The van der Waals surface area contributed by atoms with Gasteiger partial charge in [-0.3, -0.25) is 9.59 Å². The van der Waals surface area contributed by atoms with Gasteiger partial charge in [-0.05, 0) is 47.3 Å². The molecular formula is C20H17BrN2O2S. The van der Waals surface area contributed by atoms with Crippen molar-refractivity contribution in [3.63, 3.8) is 0 Å². The van der Waals surface area contributed by atoms with E-state index in [1.54, 1.807) is 35.6 Å². The third-order valence-electron chi connectivity index (χ3n) is 3.70. The summed E-state index contributed by atoms with van der Waals surface area (Å²) >= 11 is 4.98. The van der Waals surface area contributed by atoms with Crippen LogP contribution >= 0.6 is 27.3 Å². The van der Waals surface area contributed by atoms with Crippen LogP contribution in [0, 0.1) is 0 Å². The fourth-order valence-corrected chi connectivity index (χ4v) is 3.43. The Balaban J connectivity index is 1.53. The fourth-order valence-electron chi connectivity index (χ4n) is 2.39. The van der Waals surface area contributed by atoms with Crippen molar-refractivity contribution in [1.82, 2.24) is 5.32 Å². The predicted molar refractivity (Wildman–Crippen MR) is 108 cm³/mol. The Morgan fingerprint density at radius 3 is 2.50 bits per heavy atom. The van der Waals surface area contributed by atoms with Crippen LogP contribution in [0.4, 0.5) is 5.69 Å². The van der Waals surface area contributed by atoms with Crippen molar-refractivity contribution >= 4 is 44.8 Å². The molecule has 6 heteroatoms. The summed E-state index contributed by atoms with van der Waals surface area (Å²) < 4.78 is 0.856. The number of hydrogen-bond acceptors (Lipinski definition) is 3. The molecule has 0 saturated carbocycles. The number of thiophene rings is 1. The number of amides is 2. The van der Waals surface area contributed by atoms with E-state index >= 15 is 0 Å². The first-order valence-corrected chi connectivity index (χ1v) is 9.72. The highest BCUT2D eigenvalue weighted by Crippen LogP contribution is 2.15. The number of halogens is 1. The van der Waals surface area contributed by atoms with Crippen molar-refractivity contribution in [3.05, 3.63) is 86.5 Å². The first kappa shape index (κ1) is 18.4. The van der Waals surface area contributed by atoms with Gasteiger partial charge in [0.1, 0.15) is 0 Å². The zero-order chi connectivity index (χ0) is 18.4. The summed E-state index contributed by atoms with van der Waals surface area (Å²) in [6, 6.07) is 18.5. The van der Waals surface area contributed by atoms with E-state index in [0.29, 0.717) is 24.2 Å². The lowest BCUT2D eigenvalue weighted by Crippen LogP contribution is -2.24. The predicted octanol–water partition coefficient (Wildman–Crippen LogP) is 4.62. The highest BCUT2D eigenvalue weighted by Gasteiger charge is 2.07. The molecule has 0 aliphatic carbocycles. The number of rotatable bonds is 6. The fraction of sp³-hybridized carbons (Fsp3) is 0.100. The smallest absolute Gasteiger partial charge is 0.255 e. The van der Waals surface area contributed by atoms with Gasteiger partial charge >= 0.3 is 0 Å². The highest BCUT2D eigenvalue weighted by molar-refractivity contribution is 9.10. The Kier molecular flexibility index (Phi) is 6.20. The molecule has 0 unspecified atom stereocenters. The van der Waals surface area contributed by atoms with E-state index in [4.69, 9.17) is 0 Å². The molecule has 0 spiro atoms. The summed E-state index contributed by atoms with van der Waals surface area (Å²) in [7, 11) is 0. The summed E-state index contributed by atoms with van der Waals surface area (Å²) in [5, 5.41) is 7.74. The van der Waals surface area contributed by atoms with Crippen LogP contribution in [-0.2, 0) is 17.8 Å². The maximum Gasteiger partial charge on any atom is 0.255 e. The van der Waals surface area contributed by atoms with Crippen LogP contribution in [0.3, 0.4) is 0 Å². The van der Waals surface area contributed by atoms with Gasteiger partial charge < -0.3 is 10.6 Å². The third kappa shape index (κ3) is 5.28. The second-order valence-electron chi connectivity index (χ2n) is 5.69. The maximum absolute atomic E-state index is 12.2. The molecule has 2 amide bonds. The lowest BCUT2D eigenvalue weighted by molar-refractivity contribution is -0.120. The van der Waals surface area contributed by atoms with Crippen molar-refractivity contribution in [3.8, 4) is 0 Å². The Labute approximate surface area is 164 Å². The van der Waals surface area contributed by atoms with E-state index in [9.17, 15) is 9.59 Å². The minimum Gasteiger partial charge on any atom is -0.351 e. The van der Waals surface area contributed by atoms with Crippen molar-refractivity contribution < 1.29 is 9.59 Å². The quantitative estimate of drug-likeness (QED) is 0.601. The van der Waals surface area contributed by atoms with Crippen molar-refractivity contribution in [2.75, 3.05) is 5.32 Å². The maximum atomic E-state index is 12.2. The molecule has 0 aliphatic heterocycles. The number of anilines is 1. The van der Waals surface area contributed by atoms with Crippen LogP contribution in [0.25, 0.3) is 0 Å². The van der Waals surface area contributed by atoms with Crippen molar-refractivity contribution in [2.24, 2.45) is 0 Å². The summed E-state index contributed by atoms with van der Waals surface area (Å²) in [5.41, 5.74) is 2.17. The second-order valence-corrected chi connectivity index (χ2v) is 7.64. The van der Waals surface area contributed by atoms with E-state index in [-0.39, 0.29) is 11.8 Å². The lowest BCUT2D eigenvalue weighted by atomic mass is 10.1. The van der Waals surface area contributed by atoms with E-state index in [2.05, 4.69) is 26.6 Å². The van der Waals surface area contributed by atoms with E-state index < -0.39 is 0 Å². The molecule has 132 valence electrons. The summed E-state index contributed by atoms with van der Waals surface area (Å²) in [6.45, 7) is 0.553. The van der Waals surface area contributed by atoms with Crippen LogP contribution in [0.5, 0.6) is 0 Å². The molecule has 0 saturated heterocycles.